The van der Waals surface area contributed by atoms with Crippen LogP contribution >= 0.6 is 0 Å². The zero-order valence-corrected chi connectivity index (χ0v) is 11.0. The maximum atomic E-state index is 13.3. The van der Waals surface area contributed by atoms with Crippen molar-refractivity contribution >= 4 is 6.09 Å². The van der Waals surface area contributed by atoms with Crippen LogP contribution in [0, 0.1) is 0 Å². The summed E-state index contributed by atoms with van der Waals surface area (Å²) in [6.45, 7) is 1.84. The van der Waals surface area contributed by atoms with Crippen molar-refractivity contribution < 1.29 is 19.0 Å². The molecule has 1 aromatic carbocycles. The summed E-state index contributed by atoms with van der Waals surface area (Å²) in [5.74, 6) is 0. The van der Waals surface area contributed by atoms with Crippen molar-refractivity contribution in [2.75, 3.05) is 6.54 Å². The van der Waals surface area contributed by atoms with Crippen LogP contribution in [0.1, 0.15) is 25.3 Å². The van der Waals surface area contributed by atoms with Gasteiger partial charge in [-0.3, -0.25) is 0 Å². The molecule has 4 nitrogen and oxygen atoms in total. The number of aliphatic hydroxyl groups excluding tert-OH is 1. The molecule has 0 saturated carbocycles. The fourth-order valence-electron chi connectivity index (χ4n) is 1.56. The van der Waals surface area contributed by atoms with Crippen LogP contribution in [0.4, 0.5) is 9.18 Å². The average molecular weight is 269 g/mol. The Kier molecular flexibility index (Phi) is 6.89. The molecule has 0 unspecified atom stereocenters. The Morgan fingerprint density at radius 1 is 1.42 bits per heavy atom. The lowest BCUT2D eigenvalue weighted by atomic mass is 10.1. The van der Waals surface area contributed by atoms with E-state index < -0.39 is 18.4 Å². The number of carbonyl (C=O) groups excluding carboxylic acids is 1. The highest BCUT2D eigenvalue weighted by Crippen LogP contribution is 2.06. The molecule has 1 aromatic rings. The van der Waals surface area contributed by atoms with E-state index in [4.69, 9.17) is 4.74 Å². The monoisotopic (exact) mass is 269 g/mol. The highest BCUT2D eigenvalue weighted by molar-refractivity contribution is 5.67. The van der Waals surface area contributed by atoms with Gasteiger partial charge in [0, 0.05) is 6.54 Å². The summed E-state index contributed by atoms with van der Waals surface area (Å²) in [4.78, 5) is 11.3. The predicted octanol–water partition coefficient (Wildman–Crippen LogP) is 2.41. The number of aliphatic hydroxyl groups is 1. The Morgan fingerprint density at radius 2 is 2.11 bits per heavy atom. The maximum Gasteiger partial charge on any atom is 0.407 e. The van der Waals surface area contributed by atoms with Gasteiger partial charge >= 0.3 is 6.09 Å². The SMILES string of the molecule is CCC[C@H](F)[C@@H](O)CNC(=O)OCc1ccccc1. The number of amides is 1. The highest BCUT2D eigenvalue weighted by Gasteiger charge is 2.18. The third-order valence-electron chi connectivity index (χ3n) is 2.65. The summed E-state index contributed by atoms with van der Waals surface area (Å²) < 4.78 is 18.2. The smallest absolute Gasteiger partial charge is 0.407 e. The molecule has 0 aromatic heterocycles. The maximum absolute atomic E-state index is 13.3. The van der Waals surface area contributed by atoms with Crippen LogP contribution in [0.2, 0.25) is 0 Å². The van der Waals surface area contributed by atoms with Gasteiger partial charge in [-0.05, 0) is 12.0 Å². The zero-order chi connectivity index (χ0) is 14.1. The second-order valence-electron chi connectivity index (χ2n) is 4.31. The predicted molar refractivity (Wildman–Crippen MR) is 70.4 cm³/mol. The van der Waals surface area contributed by atoms with Crippen LogP contribution in [0.15, 0.2) is 30.3 Å². The van der Waals surface area contributed by atoms with Crippen molar-refractivity contribution in [3.05, 3.63) is 35.9 Å². The molecule has 106 valence electrons. The molecule has 0 saturated heterocycles. The Balaban J connectivity index is 2.21. The van der Waals surface area contributed by atoms with E-state index in [1.807, 2.05) is 37.3 Å². The van der Waals surface area contributed by atoms with Crippen LogP contribution in [0.5, 0.6) is 0 Å². The number of hydrogen-bond acceptors (Lipinski definition) is 3. The lowest BCUT2D eigenvalue weighted by Crippen LogP contribution is -2.37. The first kappa shape index (κ1) is 15.4. The molecule has 5 heteroatoms. The number of carbonyl (C=O) groups is 1. The van der Waals surface area contributed by atoms with Crippen molar-refractivity contribution in [1.82, 2.24) is 5.32 Å². The number of halogens is 1. The van der Waals surface area contributed by atoms with Gasteiger partial charge in [0.1, 0.15) is 18.9 Å². The fourth-order valence-corrected chi connectivity index (χ4v) is 1.56. The normalized spacial score (nSPS) is 13.6. The number of nitrogens with one attached hydrogen (secondary N) is 1. The molecule has 0 heterocycles. The van der Waals surface area contributed by atoms with E-state index in [9.17, 15) is 14.3 Å². The fraction of sp³-hybridized carbons (Fsp3) is 0.500. The second kappa shape index (κ2) is 8.48. The van der Waals surface area contributed by atoms with Gasteiger partial charge in [-0.25, -0.2) is 9.18 Å². The minimum Gasteiger partial charge on any atom is -0.445 e. The number of alkyl halides is 1. The minimum absolute atomic E-state index is 0.144. The van der Waals surface area contributed by atoms with Gasteiger partial charge in [-0.15, -0.1) is 0 Å². The van der Waals surface area contributed by atoms with Crippen molar-refractivity contribution in [2.24, 2.45) is 0 Å². The van der Waals surface area contributed by atoms with Crippen molar-refractivity contribution in [2.45, 2.75) is 38.6 Å². The Hall–Kier alpha value is -1.62. The Morgan fingerprint density at radius 3 is 2.74 bits per heavy atom. The molecule has 2 atom stereocenters. The van der Waals surface area contributed by atoms with E-state index in [-0.39, 0.29) is 19.6 Å². The van der Waals surface area contributed by atoms with Crippen LogP contribution in [0.3, 0.4) is 0 Å². The molecule has 0 fully saturated rings. The first-order valence-corrected chi connectivity index (χ1v) is 6.40. The topological polar surface area (TPSA) is 58.6 Å². The first-order valence-electron chi connectivity index (χ1n) is 6.40. The summed E-state index contributed by atoms with van der Waals surface area (Å²) in [6, 6.07) is 9.23. The average Bonchev–Trinajstić information content (AvgIpc) is 2.43. The number of benzene rings is 1. The van der Waals surface area contributed by atoms with E-state index in [2.05, 4.69) is 5.32 Å². The Bertz CT molecular complexity index is 372. The standard InChI is InChI=1S/C14H20FNO3/c1-2-6-12(15)13(17)9-16-14(18)19-10-11-7-4-3-5-8-11/h3-5,7-8,12-13,17H,2,6,9-10H2,1H3,(H,16,18)/t12-,13-/m0/s1. The summed E-state index contributed by atoms with van der Waals surface area (Å²) in [5, 5.41) is 11.8. The van der Waals surface area contributed by atoms with Crippen LogP contribution in [-0.4, -0.2) is 30.0 Å². The largest absolute Gasteiger partial charge is 0.445 e. The minimum atomic E-state index is -1.32. The molecular weight excluding hydrogens is 249 g/mol. The molecule has 1 amide bonds. The molecular formula is C14H20FNO3. The molecule has 19 heavy (non-hydrogen) atoms. The second-order valence-corrected chi connectivity index (χ2v) is 4.31. The molecule has 0 spiro atoms. The van der Waals surface area contributed by atoms with Crippen molar-refractivity contribution in [1.29, 1.82) is 0 Å². The summed E-state index contributed by atoms with van der Waals surface area (Å²) in [7, 11) is 0. The molecule has 0 aliphatic rings. The first-order chi connectivity index (χ1) is 9.13. The Labute approximate surface area is 112 Å². The lowest BCUT2D eigenvalue weighted by Gasteiger charge is -2.15. The van der Waals surface area contributed by atoms with Gasteiger partial charge in [0.05, 0.1) is 0 Å². The van der Waals surface area contributed by atoms with Gasteiger partial charge in [-0.1, -0.05) is 43.7 Å². The molecule has 0 radical (unpaired) electrons. The van der Waals surface area contributed by atoms with Gasteiger partial charge in [0.2, 0.25) is 0 Å². The summed E-state index contributed by atoms with van der Waals surface area (Å²) in [6.07, 6.45) is -2.24. The van der Waals surface area contributed by atoms with Crippen LogP contribution in [0.25, 0.3) is 0 Å². The van der Waals surface area contributed by atoms with Crippen molar-refractivity contribution in [3.8, 4) is 0 Å². The highest BCUT2D eigenvalue weighted by atomic mass is 19.1. The van der Waals surface area contributed by atoms with Gasteiger partial charge in [0.25, 0.3) is 0 Å². The summed E-state index contributed by atoms with van der Waals surface area (Å²) >= 11 is 0. The third kappa shape index (κ3) is 6.20. The van der Waals surface area contributed by atoms with Gasteiger partial charge in [-0.2, -0.15) is 0 Å². The number of rotatable bonds is 7. The van der Waals surface area contributed by atoms with E-state index in [1.54, 1.807) is 0 Å². The molecule has 0 bridgehead atoms. The van der Waals surface area contributed by atoms with Crippen LogP contribution in [-0.2, 0) is 11.3 Å². The quantitative estimate of drug-likeness (QED) is 0.799. The molecule has 2 N–H and O–H groups in total. The third-order valence-corrected chi connectivity index (χ3v) is 2.65. The van der Waals surface area contributed by atoms with Gasteiger partial charge in [0.15, 0.2) is 0 Å². The molecule has 0 aliphatic heterocycles. The van der Waals surface area contributed by atoms with Crippen LogP contribution < -0.4 is 5.32 Å². The number of alkyl carbamates (subject to hydrolysis) is 1. The molecule has 1 rings (SSSR count). The van der Waals surface area contributed by atoms with Crippen molar-refractivity contribution in [3.63, 3.8) is 0 Å². The van der Waals surface area contributed by atoms with E-state index in [0.717, 1.165) is 5.56 Å². The van der Waals surface area contributed by atoms with E-state index in [0.29, 0.717) is 6.42 Å². The summed E-state index contributed by atoms with van der Waals surface area (Å²) in [5.41, 5.74) is 0.868. The lowest BCUT2D eigenvalue weighted by molar-refractivity contribution is 0.0678. The molecule has 0 aliphatic carbocycles. The van der Waals surface area contributed by atoms with E-state index >= 15 is 0 Å². The number of ether oxygens (including phenoxy) is 1. The van der Waals surface area contributed by atoms with E-state index in [1.165, 1.54) is 0 Å². The van der Waals surface area contributed by atoms with Gasteiger partial charge < -0.3 is 15.2 Å². The zero-order valence-electron chi connectivity index (χ0n) is 11.0. The number of hydrogen-bond donors (Lipinski definition) is 2.